The molecule has 0 aromatic carbocycles. The number of pyridine rings is 1. The van der Waals surface area contributed by atoms with Crippen LogP contribution in [0.4, 0.5) is 0 Å². The quantitative estimate of drug-likeness (QED) is 0.505. The fourth-order valence-electron chi connectivity index (χ4n) is 2.06. The highest BCUT2D eigenvalue weighted by Gasteiger charge is 2.08. The van der Waals surface area contributed by atoms with Crippen LogP contribution in [0.25, 0.3) is 5.82 Å². The predicted molar refractivity (Wildman–Crippen MR) is 86.6 cm³/mol. The third-order valence-electron chi connectivity index (χ3n) is 3.24. The molecule has 0 atom stereocenters. The monoisotopic (exact) mass is 325 g/mol. The standard InChI is InChI=1S/C16H12ClN5O/c1-11-20-13(4-3-12-5-6-19-14(17)7-12)10-22(11)15-8-18-9-16(23)21(15)2/h5-10H,1-2H3. The lowest BCUT2D eigenvalue weighted by Gasteiger charge is -2.08. The van der Waals surface area contributed by atoms with Gasteiger partial charge in [0.15, 0.2) is 0 Å². The molecule has 7 heteroatoms. The van der Waals surface area contributed by atoms with Gasteiger partial charge in [0, 0.05) is 25.0 Å². The first kappa shape index (κ1) is 15.0. The highest BCUT2D eigenvalue weighted by atomic mass is 35.5. The SMILES string of the molecule is Cc1nc(C#Cc2ccnc(Cl)c2)cn1-c1cncc(=O)n1C. The molecule has 3 heterocycles. The molecule has 0 unspecified atom stereocenters. The van der Waals surface area contributed by atoms with E-state index in [2.05, 4.69) is 26.8 Å². The van der Waals surface area contributed by atoms with Crippen LogP contribution >= 0.6 is 11.6 Å². The van der Waals surface area contributed by atoms with E-state index in [0.717, 1.165) is 5.56 Å². The van der Waals surface area contributed by atoms with Crippen LogP contribution in [0.5, 0.6) is 0 Å². The van der Waals surface area contributed by atoms with Crippen LogP contribution in [-0.2, 0) is 7.05 Å². The van der Waals surface area contributed by atoms with Gasteiger partial charge in [-0.05, 0) is 25.0 Å². The molecule has 0 aliphatic rings. The summed E-state index contributed by atoms with van der Waals surface area (Å²) < 4.78 is 3.28. The zero-order valence-corrected chi connectivity index (χ0v) is 13.2. The average Bonchev–Trinajstić information content (AvgIpc) is 2.89. The van der Waals surface area contributed by atoms with Crippen LogP contribution in [0.1, 0.15) is 17.1 Å². The molecule has 3 rings (SSSR count). The van der Waals surface area contributed by atoms with Crippen LogP contribution in [-0.4, -0.2) is 24.1 Å². The maximum Gasteiger partial charge on any atom is 0.270 e. The normalized spacial score (nSPS) is 10.2. The Balaban J connectivity index is 1.99. The Morgan fingerprint density at radius 1 is 1.26 bits per heavy atom. The Bertz CT molecular complexity index is 993. The summed E-state index contributed by atoms with van der Waals surface area (Å²) in [5.74, 6) is 7.30. The van der Waals surface area contributed by atoms with Crippen LogP contribution in [0.2, 0.25) is 5.15 Å². The smallest absolute Gasteiger partial charge is 0.270 e. The summed E-state index contributed by atoms with van der Waals surface area (Å²) in [7, 11) is 1.68. The molecular formula is C16H12ClN5O. The summed E-state index contributed by atoms with van der Waals surface area (Å²) in [5, 5.41) is 0.392. The second-order valence-electron chi connectivity index (χ2n) is 4.82. The van der Waals surface area contributed by atoms with Gasteiger partial charge in [-0.25, -0.2) is 9.97 Å². The zero-order chi connectivity index (χ0) is 16.4. The third-order valence-corrected chi connectivity index (χ3v) is 3.45. The van der Waals surface area contributed by atoms with E-state index in [1.54, 1.807) is 42.3 Å². The minimum Gasteiger partial charge on any atom is -0.295 e. The van der Waals surface area contributed by atoms with Gasteiger partial charge in [-0.1, -0.05) is 17.5 Å². The summed E-state index contributed by atoms with van der Waals surface area (Å²) in [6, 6.07) is 3.46. The molecule has 0 amide bonds. The van der Waals surface area contributed by atoms with Crippen LogP contribution in [0.3, 0.4) is 0 Å². The molecule has 6 nitrogen and oxygen atoms in total. The molecule has 0 N–H and O–H groups in total. The first-order valence-corrected chi connectivity index (χ1v) is 7.13. The van der Waals surface area contributed by atoms with E-state index in [-0.39, 0.29) is 5.56 Å². The van der Waals surface area contributed by atoms with Crippen molar-refractivity contribution in [3.63, 3.8) is 0 Å². The van der Waals surface area contributed by atoms with Gasteiger partial charge < -0.3 is 0 Å². The number of aryl methyl sites for hydroxylation is 1. The van der Waals surface area contributed by atoms with Crippen molar-refractivity contribution in [2.24, 2.45) is 7.05 Å². The molecule has 0 aliphatic heterocycles. The lowest BCUT2D eigenvalue weighted by Crippen LogP contribution is -2.21. The molecule has 0 radical (unpaired) electrons. The van der Waals surface area contributed by atoms with E-state index in [0.29, 0.717) is 22.5 Å². The Kier molecular flexibility index (Phi) is 3.96. The van der Waals surface area contributed by atoms with Crippen LogP contribution < -0.4 is 5.56 Å². The van der Waals surface area contributed by atoms with Crippen molar-refractivity contribution in [3.8, 4) is 17.7 Å². The summed E-state index contributed by atoms with van der Waals surface area (Å²) >= 11 is 5.83. The third kappa shape index (κ3) is 3.15. The molecule has 0 saturated carbocycles. The first-order valence-electron chi connectivity index (χ1n) is 6.75. The fourth-order valence-corrected chi connectivity index (χ4v) is 2.23. The van der Waals surface area contributed by atoms with Crippen molar-refractivity contribution in [1.82, 2.24) is 24.1 Å². The van der Waals surface area contributed by atoms with Crippen LogP contribution in [0, 0.1) is 18.8 Å². The van der Waals surface area contributed by atoms with Gasteiger partial charge >= 0.3 is 0 Å². The van der Waals surface area contributed by atoms with Crippen molar-refractivity contribution < 1.29 is 0 Å². The summed E-state index contributed by atoms with van der Waals surface area (Å²) in [4.78, 5) is 23.9. The summed E-state index contributed by atoms with van der Waals surface area (Å²) in [6.45, 7) is 1.84. The van der Waals surface area contributed by atoms with Gasteiger partial charge in [0.25, 0.3) is 5.56 Å². The number of hydrogen-bond acceptors (Lipinski definition) is 4. The Labute approximate surface area is 137 Å². The van der Waals surface area contributed by atoms with Crippen LogP contribution in [0.15, 0.2) is 41.7 Å². The first-order chi connectivity index (χ1) is 11.0. The molecular weight excluding hydrogens is 314 g/mol. The molecule has 0 spiro atoms. The van der Waals surface area contributed by atoms with Gasteiger partial charge in [-0.3, -0.25) is 18.9 Å². The lowest BCUT2D eigenvalue weighted by atomic mass is 10.3. The second kappa shape index (κ2) is 6.07. The van der Waals surface area contributed by atoms with E-state index in [1.165, 1.54) is 10.8 Å². The predicted octanol–water partition coefficient (Wildman–Crippen LogP) is 1.72. The highest BCUT2D eigenvalue weighted by Crippen LogP contribution is 2.10. The fraction of sp³-hybridized carbons (Fsp3) is 0.125. The summed E-state index contributed by atoms with van der Waals surface area (Å²) in [5.41, 5.74) is 1.16. The molecule has 23 heavy (non-hydrogen) atoms. The second-order valence-corrected chi connectivity index (χ2v) is 5.21. The number of halogens is 1. The number of hydrogen-bond donors (Lipinski definition) is 0. The Morgan fingerprint density at radius 2 is 2.09 bits per heavy atom. The lowest BCUT2D eigenvalue weighted by molar-refractivity contribution is 0.764. The molecule has 114 valence electrons. The maximum atomic E-state index is 11.7. The van der Waals surface area contributed by atoms with Gasteiger partial charge in [0.05, 0.1) is 12.4 Å². The van der Waals surface area contributed by atoms with E-state index in [4.69, 9.17) is 11.6 Å². The van der Waals surface area contributed by atoms with Crippen molar-refractivity contribution in [2.75, 3.05) is 0 Å². The van der Waals surface area contributed by atoms with Gasteiger partial charge in [-0.15, -0.1) is 0 Å². The van der Waals surface area contributed by atoms with Crippen molar-refractivity contribution in [3.05, 3.63) is 69.5 Å². The Hall–Kier alpha value is -2.91. The van der Waals surface area contributed by atoms with E-state index < -0.39 is 0 Å². The van der Waals surface area contributed by atoms with Gasteiger partial charge in [-0.2, -0.15) is 0 Å². The maximum absolute atomic E-state index is 11.7. The van der Waals surface area contributed by atoms with Crippen molar-refractivity contribution >= 4 is 11.6 Å². The zero-order valence-electron chi connectivity index (χ0n) is 12.5. The molecule has 3 aromatic rings. The average molecular weight is 326 g/mol. The van der Waals surface area contributed by atoms with Gasteiger partial charge in [0.1, 0.15) is 22.5 Å². The minimum absolute atomic E-state index is 0.185. The number of nitrogens with zero attached hydrogens (tertiary/aromatic N) is 5. The van der Waals surface area contributed by atoms with E-state index in [1.807, 2.05) is 6.92 Å². The highest BCUT2D eigenvalue weighted by molar-refractivity contribution is 6.29. The molecule has 0 fully saturated rings. The van der Waals surface area contributed by atoms with Crippen molar-refractivity contribution in [2.45, 2.75) is 6.92 Å². The molecule has 0 bridgehead atoms. The Morgan fingerprint density at radius 3 is 2.87 bits per heavy atom. The largest absolute Gasteiger partial charge is 0.295 e. The van der Waals surface area contributed by atoms with Crippen molar-refractivity contribution in [1.29, 1.82) is 0 Å². The number of rotatable bonds is 1. The topological polar surface area (TPSA) is 65.6 Å². The summed E-state index contributed by atoms with van der Waals surface area (Å²) in [6.07, 6.45) is 6.24. The molecule has 3 aromatic heterocycles. The number of imidazole rings is 1. The molecule has 0 saturated heterocycles. The van der Waals surface area contributed by atoms with E-state index in [9.17, 15) is 4.79 Å². The minimum atomic E-state index is -0.185. The van der Waals surface area contributed by atoms with E-state index >= 15 is 0 Å². The molecule has 0 aliphatic carbocycles. The van der Waals surface area contributed by atoms with Gasteiger partial charge in [0.2, 0.25) is 0 Å². The number of aromatic nitrogens is 5.